The van der Waals surface area contributed by atoms with Crippen LogP contribution in [0, 0.1) is 0 Å². The van der Waals surface area contributed by atoms with Crippen LogP contribution in [0.1, 0.15) is 48.5 Å². The predicted octanol–water partition coefficient (Wildman–Crippen LogP) is 2.59. The number of hydrogen-bond acceptors (Lipinski definition) is 5. The van der Waals surface area contributed by atoms with Crippen molar-refractivity contribution in [3.8, 4) is 0 Å². The van der Waals surface area contributed by atoms with Gasteiger partial charge in [-0.3, -0.25) is 4.90 Å². The van der Waals surface area contributed by atoms with Gasteiger partial charge in [-0.05, 0) is 53.9 Å². The molecule has 26 heavy (non-hydrogen) atoms. The SMILES string of the molecule is CC(C)(C)OC(=O)N1CCN2CC(B3OC(C)(C)C(C)(C)O3)=C[C@H]2C1.S. The minimum absolute atomic E-state index is 0. The number of fused-ring (bicyclic) bond motifs is 1. The normalized spacial score (nSPS) is 27.7. The Bertz CT molecular complexity index is 572. The van der Waals surface area contributed by atoms with E-state index in [1.165, 1.54) is 0 Å². The Morgan fingerprint density at radius 1 is 1.19 bits per heavy atom. The number of amides is 1. The lowest BCUT2D eigenvalue weighted by molar-refractivity contribution is 0.00578. The molecule has 0 radical (unpaired) electrons. The second kappa shape index (κ2) is 7.04. The number of rotatable bonds is 1. The van der Waals surface area contributed by atoms with Gasteiger partial charge in [0.25, 0.3) is 0 Å². The zero-order valence-corrected chi connectivity index (χ0v) is 18.1. The Morgan fingerprint density at radius 3 is 2.31 bits per heavy atom. The summed E-state index contributed by atoms with van der Waals surface area (Å²) >= 11 is 0. The molecule has 3 aliphatic heterocycles. The van der Waals surface area contributed by atoms with Crippen molar-refractivity contribution >= 4 is 26.7 Å². The molecule has 0 aromatic carbocycles. The summed E-state index contributed by atoms with van der Waals surface area (Å²) in [4.78, 5) is 16.5. The first-order valence-corrected chi connectivity index (χ1v) is 9.16. The molecule has 2 fully saturated rings. The Balaban J connectivity index is 0.00000243. The number of carbonyl (C=O) groups is 1. The molecule has 1 atom stereocenters. The van der Waals surface area contributed by atoms with E-state index >= 15 is 0 Å². The van der Waals surface area contributed by atoms with E-state index in [0.717, 1.165) is 18.6 Å². The van der Waals surface area contributed by atoms with Crippen molar-refractivity contribution in [2.45, 2.75) is 71.3 Å². The van der Waals surface area contributed by atoms with E-state index in [1.807, 2.05) is 20.8 Å². The highest BCUT2D eigenvalue weighted by Gasteiger charge is 2.53. The van der Waals surface area contributed by atoms with Crippen LogP contribution in [-0.2, 0) is 14.0 Å². The summed E-state index contributed by atoms with van der Waals surface area (Å²) in [6, 6.07) is 0.204. The molecule has 0 spiro atoms. The first kappa shape index (κ1) is 21.6. The summed E-state index contributed by atoms with van der Waals surface area (Å²) in [5.74, 6) is 0. The molecule has 2 saturated heterocycles. The van der Waals surface area contributed by atoms with Crippen molar-refractivity contribution < 1.29 is 18.8 Å². The molecule has 3 heterocycles. The highest BCUT2D eigenvalue weighted by atomic mass is 32.1. The lowest BCUT2D eigenvalue weighted by Gasteiger charge is -2.37. The molecule has 0 saturated carbocycles. The zero-order chi connectivity index (χ0) is 18.6. The van der Waals surface area contributed by atoms with Crippen LogP contribution >= 0.6 is 13.5 Å². The Morgan fingerprint density at radius 2 is 1.77 bits per heavy atom. The van der Waals surface area contributed by atoms with Crippen LogP contribution in [0.25, 0.3) is 0 Å². The predicted molar refractivity (Wildman–Crippen MR) is 108 cm³/mol. The van der Waals surface area contributed by atoms with Gasteiger partial charge in [-0.25, -0.2) is 4.79 Å². The lowest BCUT2D eigenvalue weighted by Crippen LogP contribution is -2.53. The van der Waals surface area contributed by atoms with Crippen molar-refractivity contribution in [2.75, 3.05) is 26.2 Å². The maximum absolute atomic E-state index is 12.3. The summed E-state index contributed by atoms with van der Waals surface area (Å²) in [5, 5.41) is 0. The summed E-state index contributed by atoms with van der Waals surface area (Å²) in [6.45, 7) is 17.0. The Hall–Kier alpha value is -0.695. The third-order valence-electron chi connectivity index (χ3n) is 5.53. The van der Waals surface area contributed by atoms with Crippen molar-refractivity contribution in [3.05, 3.63) is 11.5 Å². The average molecular weight is 384 g/mol. The van der Waals surface area contributed by atoms with Gasteiger partial charge >= 0.3 is 13.2 Å². The summed E-state index contributed by atoms with van der Waals surface area (Å²) in [6.07, 6.45) is 1.98. The van der Waals surface area contributed by atoms with E-state index in [9.17, 15) is 4.79 Å². The molecule has 0 aromatic heterocycles. The molecule has 3 rings (SSSR count). The summed E-state index contributed by atoms with van der Waals surface area (Å²) in [5.41, 5.74) is 0.0386. The molecular formula is C18H33BN2O4S. The van der Waals surface area contributed by atoms with Crippen LogP contribution in [-0.4, -0.2) is 72.0 Å². The van der Waals surface area contributed by atoms with E-state index in [4.69, 9.17) is 14.0 Å². The second-order valence-electron chi connectivity index (χ2n) is 9.29. The van der Waals surface area contributed by atoms with Gasteiger partial charge in [-0.1, -0.05) is 6.08 Å². The summed E-state index contributed by atoms with van der Waals surface area (Å²) in [7, 11) is -0.300. The van der Waals surface area contributed by atoms with Gasteiger partial charge in [-0.15, -0.1) is 0 Å². The number of carbonyl (C=O) groups excluding carboxylic acids is 1. The molecule has 3 aliphatic rings. The van der Waals surface area contributed by atoms with Crippen molar-refractivity contribution in [2.24, 2.45) is 0 Å². The Labute approximate surface area is 164 Å². The molecule has 0 N–H and O–H groups in total. The van der Waals surface area contributed by atoms with E-state index in [0.29, 0.717) is 13.1 Å². The van der Waals surface area contributed by atoms with Gasteiger partial charge < -0.3 is 18.9 Å². The van der Waals surface area contributed by atoms with Crippen molar-refractivity contribution in [1.29, 1.82) is 0 Å². The third kappa shape index (κ3) is 4.24. The standard InChI is InChI=1S/C18H31BN2O4.H2S/c1-16(2,3)23-15(22)21-9-8-20-11-13(10-14(20)12-21)19-24-17(4,5)18(6,7)25-19;/h10,14H,8-9,11-12H2,1-7H3;1H2/t14-;/m0./s1. The maximum Gasteiger partial charge on any atom is 0.491 e. The van der Waals surface area contributed by atoms with Gasteiger partial charge in [0, 0.05) is 32.2 Å². The number of hydrogen-bond donors (Lipinski definition) is 0. The van der Waals surface area contributed by atoms with Gasteiger partial charge in [0.15, 0.2) is 0 Å². The molecule has 8 heteroatoms. The Kier molecular flexibility index (Phi) is 5.85. The largest absolute Gasteiger partial charge is 0.491 e. The van der Waals surface area contributed by atoms with Gasteiger partial charge in [0.2, 0.25) is 0 Å². The zero-order valence-electron chi connectivity index (χ0n) is 17.1. The van der Waals surface area contributed by atoms with Gasteiger partial charge in [-0.2, -0.15) is 13.5 Å². The van der Waals surface area contributed by atoms with Crippen LogP contribution in [0.3, 0.4) is 0 Å². The fraction of sp³-hybridized carbons (Fsp3) is 0.833. The molecule has 0 aromatic rings. The molecule has 1 amide bonds. The smallest absolute Gasteiger partial charge is 0.444 e. The second-order valence-corrected chi connectivity index (χ2v) is 9.29. The first-order valence-electron chi connectivity index (χ1n) is 9.16. The topological polar surface area (TPSA) is 51.2 Å². The van der Waals surface area contributed by atoms with Crippen LogP contribution in [0.4, 0.5) is 4.79 Å². The van der Waals surface area contributed by atoms with Gasteiger partial charge in [0.1, 0.15) is 5.60 Å². The molecule has 148 valence electrons. The van der Waals surface area contributed by atoms with E-state index in [1.54, 1.807) is 4.90 Å². The van der Waals surface area contributed by atoms with Crippen LogP contribution < -0.4 is 0 Å². The van der Waals surface area contributed by atoms with Crippen molar-refractivity contribution in [3.63, 3.8) is 0 Å². The fourth-order valence-electron chi connectivity index (χ4n) is 3.38. The minimum atomic E-state index is -0.465. The monoisotopic (exact) mass is 384 g/mol. The van der Waals surface area contributed by atoms with Gasteiger partial charge in [0.05, 0.1) is 11.2 Å². The minimum Gasteiger partial charge on any atom is -0.444 e. The highest BCUT2D eigenvalue weighted by Crippen LogP contribution is 2.40. The lowest BCUT2D eigenvalue weighted by atomic mass is 9.78. The van der Waals surface area contributed by atoms with Crippen LogP contribution in [0.5, 0.6) is 0 Å². The first-order chi connectivity index (χ1) is 11.4. The highest BCUT2D eigenvalue weighted by molar-refractivity contribution is 7.59. The van der Waals surface area contributed by atoms with E-state index in [-0.39, 0.29) is 44.0 Å². The number of piperazine rings is 1. The maximum atomic E-state index is 12.3. The molecule has 0 unspecified atom stereocenters. The van der Waals surface area contributed by atoms with E-state index < -0.39 is 5.60 Å². The molecule has 0 aliphatic carbocycles. The number of nitrogens with zero attached hydrogens (tertiary/aromatic N) is 2. The quantitative estimate of drug-likeness (QED) is 0.651. The van der Waals surface area contributed by atoms with Crippen LogP contribution in [0.15, 0.2) is 11.5 Å². The number of ether oxygens (including phenoxy) is 1. The van der Waals surface area contributed by atoms with Crippen molar-refractivity contribution in [1.82, 2.24) is 9.80 Å². The summed E-state index contributed by atoms with van der Waals surface area (Å²) < 4.78 is 17.8. The third-order valence-corrected chi connectivity index (χ3v) is 5.53. The van der Waals surface area contributed by atoms with E-state index in [2.05, 4.69) is 38.7 Å². The average Bonchev–Trinajstić information content (AvgIpc) is 2.95. The molecular weight excluding hydrogens is 351 g/mol. The van der Waals surface area contributed by atoms with Crippen LogP contribution in [0.2, 0.25) is 0 Å². The molecule has 6 nitrogen and oxygen atoms in total. The molecule has 0 bridgehead atoms. The fourth-order valence-corrected chi connectivity index (χ4v) is 3.38.